The highest BCUT2D eigenvalue weighted by Crippen LogP contribution is 2.17. The van der Waals surface area contributed by atoms with Gasteiger partial charge in [0.15, 0.2) is 5.11 Å². The highest BCUT2D eigenvalue weighted by Gasteiger charge is 2.13. The van der Waals surface area contributed by atoms with Gasteiger partial charge in [-0.1, -0.05) is 37.5 Å². The summed E-state index contributed by atoms with van der Waals surface area (Å²) < 4.78 is 5.35. The van der Waals surface area contributed by atoms with Crippen LogP contribution < -0.4 is 15.5 Å². The normalized spacial score (nSPS) is 14.7. The number of nitrogens with zero attached hydrogens (tertiary/aromatic N) is 1. The molecule has 2 aromatic rings. The summed E-state index contributed by atoms with van der Waals surface area (Å²) in [6.45, 7) is 0. The average Bonchev–Trinajstić information content (AvgIpc) is 2.71. The molecule has 5 nitrogen and oxygen atoms in total. The molecule has 0 unspecified atom stereocenters. The molecule has 0 radical (unpaired) electrons. The highest BCUT2D eigenvalue weighted by molar-refractivity contribution is 7.80. The largest absolute Gasteiger partial charge is 0.423 e. The van der Waals surface area contributed by atoms with Crippen LogP contribution in [0.4, 0.5) is 0 Å². The third kappa shape index (κ3) is 6.18. The zero-order chi connectivity index (χ0) is 18.9. The van der Waals surface area contributed by atoms with Gasteiger partial charge in [0, 0.05) is 6.04 Å². The number of benzene rings is 2. The van der Waals surface area contributed by atoms with Gasteiger partial charge in [0.2, 0.25) is 0 Å². The molecule has 1 saturated carbocycles. The van der Waals surface area contributed by atoms with E-state index in [2.05, 4.69) is 15.8 Å². The summed E-state index contributed by atoms with van der Waals surface area (Å²) in [5.41, 5.74) is 4.25. The molecule has 27 heavy (non-hydrogen) atoms. The van der Waals surface area contributed by atoms with E-state index < -0.39 is 0 Å². The van der Waals surface area contributed by atoms with Crippen LogP contribution in [0.1, 0.15) is 48.0 Å². The summed E-state index contributed by atoms with van der Waals surface area (Å²) in [4.78, 5) is 12.0. The van der Waals surface area contributed by atoms with Crippen molar-refractivity contribution in [3.8, 4) is 5.75 Å². The number of hydrogen-bond acceptors (Lipinski definition) is 4. The SMILES string of the molecule is O=C(Oc1ccc(/C=N/NC(=S)NC2CCCCC2)cc1)c1ccccc1. The minimum absolute atomic E-state index is 0.377. The molecule has 0 saturated heterocycles. The first-order valence-electron chi connectivity index (χ1n) is 9.17. The number of hydrazone groups is 1. The third-order valence-electron chi connectivity index (χ3n) is 4.42. The van der Waals surface area contributed by atoms with Gasteiger partial charge in [-0.3, -0.25) is 5.43 Å². The van der Waals surface area contributed by atoms with Crippen LogP contribution in [0.3, 0.4) is 0 Å². The van der Waals surface area contributed by atoms with Gasteiger partial charge < -0.3 is 10.1 Å². The molecule has 140 valence electrons. The number of carbonyl (C=O) groups excluding carboxylic acids is 1. The number of thiocarbonyl (C=S) groups is 1. The van der Waals surface area contributed by atoms with Crippen LogP contribution in [0.15, 0.2) is 59.7 Å². The summed E-state index contributed by atoms with van der Waals surface area (Å²) in [5.74, 6) is 0.112. The first-order chi connectivity index (χ1) is 13.2. The Bertz CT molecular complexity index is 785. The van der Waals surface area contributed by atoms with E-state index in [0.717, 1.165) is 18.4 Å². The summed E-state index contributed by atoms with van der Waals surface area (Å²) in [5, 5.41) is 8.01. The molecule has 2 N–H and O–H groups in total. The Morgan fingerprint density at radius 3 is 2.44 bits per heavy atom. The van der Waals surface area contributed by atoms with Crippen LogP contribution in [0.2, 0.25) is 0 Å². The van der Waals surface area contributed by atoms with E-state index in [1.807, 2.05) is 18.2 Å². The van der Waals surface area contributed by atoms with Gasteiger partial charge in [0.25, 0.3) is 0 Å². The van der Waals surface area contributed by atoms with Crippen molar-refractivity contribution in [3.63, 3.8) is 0 Å². The predicted molar refractivity (Wildman–Crippen MR) is 111 cm³/mol. The fourth-order valence-electron chi connectivity index (χ4n) is 2.99. The van der Waals surface area contributed by atoms with Crippen LogP contribution in [-0.4, -0.2) is 23.3 Å². The minimum Gasteiger partial charge on any atom is -0.423 e. The number of nitrogens with one attached hydrogen (secondary N) is 2. The number of carbonyl (C=O) groups is 1. The lowest BCUT2D eigenvalue weighted by atomic mass is 9.96. The lowest BCUT2D eigenvalue weighted by molar-refractivity contribution is 0.0735. The molecular formula is C21H23N3O2S. The molecule has 1 fully saturated rings. The van der Waals surface area contributed by atoms with Crippen LogP contribution in [0, 0.1) is 0 Å². The number of esters is 1. The maximum atomic E-state index is 12.0. The lowest BCUT2D eigenvalue weighted by Gasteiger charge is -2.23. The second-order valence-corrected chi connectivity index (χ2v) is 6.91. The second kappa shape index (κ2) is 9.83. The van der Waals surface area contributed by atoms with Crippen molar-refractivity contribution in [1.82, 2.24) is 10.7 Å². The Balaban J connectivity index is 1.46. The van der Waals surface area contributed by atoms with Gasteiger partial charge in [-0.05, 0) is 67.0 Å². The van der Waals surface area contributed by atoms with Crippen LogP contribution >= 0.6 is 12.2 Å². The first kappa shape index (κ1) is 19.0. The third-order valence-corrected chi connectivity index (χ3v) is 4.63. The molecule has 2 aromatic carbocycles. The Hall–Kier alpha value is -2.73. The van der Waals surface area contributed by atoms with Crippen molar-refractivity contribution in [2.24, 2.45) is 5.10 Å². The molecule has 3 rings (SSSR count). The van der Waals surface area contributed by atoms with Crippen molar-refractivity contribution >= 4 is 29.5 Å². The van der Waals surface area contributed by atoms with E-state index in [0.29, 0.717) is 22.5 Å². The van der Waals surface area contributed by atoms with Gasteiger partial charge in [-0.15, -0.1) is 0 Å². The highest BCUT2D eigenvalue weighted by atomic mass is 32.1. The summed E-state index contributed by atoms with van der Waals surface area (Å²) in [6, 6.07) is 16.5. The zero-order valence-corrected chi connectivity index (χ0v) is 15.9. The van der Waals surface area contributed by atoms with E-state index in [9.17, 15) is 4.79 Å². The molecule has 1 aliphatic rings. The monoisotopic (exact) mass is 381 g/mol. The van der Waals surface area contributed by atoms with Gasteiger partial charge in [0.05, 0.1) is 11.8 Å². The summed E-state index contributed by atoms with van der Waals surface area (Å²) >= 11 is 5.27. The Labute approximate surface area is 164 Å². The minimum atomic E-state index is -0.377. The standard InChI is InChI=1S/C21H23N3O2S/c25-20(17-7-3-1-4-8-17)26-19-13-11-16(12-14-19)15-22-24-21(27)23-18-9-5-2-6-10-18/h1,3-4,7-8,11-15,18H,2,5-6,9-10H2,(H2,23,24,27)/b22-15+. The molecule has 0 aromatic heterocycles. The topological polar surface area (TPSA) is 62.7 Å². The summed E-state index contributed by atoms with van der Waals surface area (Å²) in [6.07, 6.45) is 7.82. The molecule has 0 heterocycles. The Kier molecular flexibility index (Phi) is 6.93. The van der Waals surface area contributed by atoms with Gasteiger partial charge in [-0.25, -0.2) is 4.79 Å². The average molecular weight is 382 g/mol. The van der Waals surface area contributed by atoms with Crippen molar-refractivity contribution in [2.45, 2.75) is 38.1 Å². The second-order valence-electron chi connectivity index (χ2n) is 6.50. The van der Waals surface area contributed by atoms with Crippen molar-refractivity contribution in [2.75, 3.05) is 0 Å². The number of hydrogen-bond donors (Lipinski definition) is 2. The van der Waals surface area contributed by atoms with Crippen LogP contribution in [-0.2, 0) is 0 Å². The maximum absolute atomic E-state index is 12.0. The predicted octanol–water partition coefficient (Wildman–Crippen LogP) is 4.04. The van der Waals surface area contributed by atoms with Crippen LogP contribution in [0.5, 0.6) is 5.75 Å². The van der Waals surface area contributed by atoms with E-state index in [4.69, 9.17) is 17.0 Å². The maximum Gasteiger partial charge on any atom is 0.343 e. The molecule has 0 spiro atoms. The van der Waals surface area contributed by atoms with Gasteiger partial charge >= 0.3 is 5.97 Å². The Morgan fingerprint density at radius 2 is 1.74 bits per heavy atom. The van der Waals surface area contributed by atoms with Crippen molar-refractivity contribution < 1.29 is 9.53 Å². The molecule has 1 aliphatic carbocycles. The molecule has 6 heteroatoms. The van der Waals surface area contributed by atoms with Crippen LogP contribution in [0.25, 0.3) is 0 Å². The van der Waals surface area contributed by atoms with E-state index in [-0.39, 0.29) is 5.97 Å². The molecule has 0 aliphatic heterocycles. The number of rotatable bonds is 5. The fraction of sp³-hybridized carbons (Fsp3) is 0.286. The van der Waals surface area contributed by atoms with E-state index in [1.54, 1.807) is 42.6 Å². The van der Waals surface area contributed by atoms with E-state index in [1.165, 1.54) is 19.3 Å². The number of ether oxygens (including phenoxy) is 1. The van der Waals surface area contributed by atoms with E-state index >= 15 is 0 Å². The zero-order valence-electron chi connectivity index (χ0n) is 15.1. The molecular weight excluding hydrogens is 358 g/mol. The molecule has 0 bridgehead atoms. The molecule has 0 amide bonds. The van der Waals surface area contributed by atoms with Gasteiger partial charge in [-0.2, -0.15) is 5.10 Å². The molecule has 0 atom stereocenters. The van der Waals surface area contributed by atoms with Crippen molar-refractivity contribution in [3.05, 3.63) is 65.7 Å². The van der Waals surface area contributed by atoms with Gasteiger partial charge in [0.1, 0.15) is 5.75 Å². The quantitative estimate of drug-likeness (QED) is 0.269. The van der Waals surface area contributed by atoms with Crippen molar-refractivity contribution in [1.29, 1.82) is 0 Å². The lowest BCUT2D eigenvalue weighted by Crippen LogP contribution is -2.40. The smallest absolute Gasteiger partial charge is 0.343 e. The first-order valence-corrected chi connectivity index (χ1v) is 9.58. The summed E-state index contributed by atoms with van der Waals surface area (Å²) in [7, 11) is 0. The Morgan fingerprint density at radius 1 is 1.04 bits per heavy atom. The fourth-order valence-corrected chi connectivity index (χ4v) is 3.21.